The topological polar surface area (TPSA) is 67.2 Å². The zero-order valence-electron chi connectivity index (χ0n) is 18.1. The number of likely N-dealkylation sites (N-methyl/N-ethyl adjacent to an activating group) is 1. The number of nitrogens with zero attached hydrogens (tertiary/aromatic N) is 6. The molecule has 2 aliphatic rings. The van der Waals surface area contributed by atoms with Gasteiger partial charge in [-0.25, -0.2) is 9.97 Å². The number of carbonyl (C=O) groups is 1. The summed E-state index contributed by atoms with van der Waals surface area (Å²) in [5.74, 6) is 1.35. The lowest BCUT2D eigenvalue weighted by Gasteiger charge is -2.33. The second kappa shape index (κ2) is 8.22. The molecule has 0 aliphatic carbocycles. The van der Waals surface area contributed by atoms with E-state index in [1.54, 1.807) is 0 Å². The van der Waals surface area contributed by atoms with Crippen LogP contribution in [-0.4, -0.2) is 62.1 Å². The van der Waals surface area contributed by atoms with Gasteiger partial charge in [0.1, 0.15) is 5.82 Å². The van der Waals surface area contributed by atoms with Crippen LogP contribution in [0.15, 0.2) is 12.3 Å². The van der Waals surface area contributed by atoms with E-state index in [2.05, 4.69) is 35.0 Å². The second-order valence-corrected chi connectivity index (χ2v) is 8.79. The second-order valence-electron chi connectivity index (χ2n) is 8.79. The van der Waals surface area contributed by atoms with Gasteiger partial charge >= 0.3 is 0 Å². The van der Waals surface area contributed by atoms with Gasteiger partial charge in [0.05, 0.1) is 11.7 Å². The van der Waals surface area contributed by atoms with E-state index < -0.39 is 0 Å². The first kappa shape index (κ1) is 20.0. The van der Waals surface area contributed by atoms with Crippen molar-refractivity contribution in [3.8, 4) is 0 Å². The Kier molecular flexibility index (Phi) is 5.67. The van der Waals surface area contributed by atoms with Gasteiger partial charge < -0.3 is 9.80 Å². The monoisotopic (exact) mass is 396 g/mol. The molecule has 0 spiro atoms. The van der Waals surface area contributed by atoms with Crippen LogP contribution in [0, 0.1) is 13.8 Å². The maximum atomic E-state index is 13.0. The Labute approximate surface area is 173 Å². The van der Waals surface area contributed by atoms with Gasteiger partial charge in [-0.2, -0.15) is 5.10 Å². The van der Waals surface area contributed by atoms with Crippen molar-refractivity contribution in [2.45, 2.75) is 65.0 Å². The summed E-state index contributed by atoms with van der Waals surface area (Å²) < 4.78 is 1.97. The molecule has 1 fully saturated rings. The summed E-state index contributed by atoms with van der Waals surface area (Å²) >= 11 is 0. The number of amides is 1. The maximum absolute atomic E-state index is 13.0. The third kappa shape index (κ3) is 4.34. The van der Waals surface area contributed by atoms with Gasteiger partial charge in [-0.3, -0.25) is 9.48 Å². The average molecular weight is 397 g/mol. The Morgan fingerprint density at radius 2 is 2.14 bits per heavy atom. The van der Waals surface area contributed by atoms with Crippen LogP contribution in [0.5, 0.6) is 0 Å². The molecule has 1 amide bonds. The summed E-state index contributed by atoms with van der Waals surface area (Å²) in [6.45, 7) is 9.63. The van der Waals surface area contributed by atoms with Crippen LogP contribution in [0.2, 0.25) is 0 Å². The van der Waals surface area contributed by atoms with E-state index in [0.717, 1.165) is 62.7 Å². The van der Waals surface area contributed by atoms with Crippen LogP contribution in [0.4, 0.5) is 0 Å². The molecule has 2 aliphatic heterocycles. The lowest BCUT2D eigenvalue weighted by molar-refractivity contribution is -0.133. The Hall–Kier alpha value is -2.28. The van der Waals surface area contributed by atoms with Crippen molar-refractivity contribution >= 4 is 5.91 Å². The number of piperidine rings is 1. The zero-order valence-corrected chi connectivity index (χ0v) is 18.1. The first-order chi connectivity index (χ1) is 13.9. The van der Waals surface area contributed by atoms with E-state index in [-0.39, 0.29) is 17.9 Å². The number of likely N-dealkylation sites (tertiary alicyclic amines) is 1. The molecule has 0 radical (unpaired) electrons. The van der Waals surface area contributed by atoms with Crippen LogP contribution in [0.3, 0.4) is 0 Å². The van der Waals surface area contributed by atoms with Gasteiger partial charge in [0.15, 0.2) is 0 Å². The van der Waals surface area contributed by atoms with E-state index >= 15 is 0 Å². The largest absolute Gasteiger partial charge is 0.342 e. The molecule has 2 aromatic rings. The molecule has 0 N–H and O–H groups in total. The fourth-order valence-corrected chi connectivity index (χ4v) is 4.64. The molecule has 7 heteroatoms. The van der Waals surface area contributed by atoms with Crippen molar-refractivity contribution in [1.82, 2.24) is 29.5 Å². The maximum Gasteiger partial charge on any atom is 0.224 e. The number of aromatic nitrogens is 4. The minimum Gasteiger partial charge on any atom is -0.342 e. The van der Waals surface area contributed by atoms with Crippen LogP contribution >= 0.6 is 0 Å². The Morgan fingerprint density at radius 1 is 1.31 bits per heavy atom. The first-order valence-corrected chi connectivity index (χ1v) is 10.7. The highest BCUT2D eigenvalue weighted by Gasteiger charge is 2.28. The number of hydrogen-bond donors (Lipinski definition) is 0. The summed E-state index contributed by atoms with van der Waals surface area (Å²) in [6, 6.07) is 2.12. The van der Waals surface area contributed by atoms with E-state index in [4.69, 9.17) is 4.98 Å². The van der Waals surface area contributed by atoms with Crippen LogP contribution in [0.25, 0.3) is 0 Å². The lowest BCUT2D eigenvalue weighted by Crippen LogP contribution is -2.40. The third-order valence-electron chi connectivity index (χ3n) is 6.21. The summed E-state index contributed by atoms with van der Waals surface area (Å²) in [5.41, 5.74) is 4.53. The first-order valence-electron chi connectivity index (χ1n) is 10.7. The number of aryl methyl sites for hydroxylation is 2. The Morgan fingerprint density at radius 3 is 2.90 bits per heavy atom. The summed E-state index contributed by atoms with van der Waals surface area (Å²) in [4.78, 5) is 26.9. The molecule has 7 nitrogen and oxygen atoms in total. The number of rotatable bonds is 4. The summed E-state index contributed by atoms with van der Waals surface area (Å²) in [6.07, 6.45) is 5.52. The molecule has 0 saturated carbocycles. The van der Waals surface area contributed by atoms with E-state index in [1.165, 1.54) is 11.3 Å². The highest BCUT2D eigenvalue weighted by atomic mass is 16.2. The molecule has 156 valence electrons. The van der Waals surface area contributed by atoms with Crippen molar-refractivity contribution in [2.24, 2.45) is 0 Å². The minimum absolute atomic E-state index is 0.0635. The molecular formula is C22H32N6O. The molecule has 4 heterocycles. The molecule has 29 heavy (non-hydrogen) atoms. The van der Waals surface area contributed by atoms with Crippen LogP contribution in [0.1, 0.15) is 66.6 Å². The van der Waals surface area contributed by atoms with E-state index in [9.17, 15) is 4.79 Å². The summed E-state index contributed by atoms with van der Waals surface area (Å²) in [5, 5.41) is 4.54. The van der Waals surface area contributed by atoms with Crippen molar-refractivity contribution in [3.05, 3.63) is 40.7 Å². The Bertz CT molecular complexity index is 891. The quantitative estimate of drug-likeness (QED) is 0.795. The minimum atomic E-state index is 0.0635. The average Bonchev–Trinajstić information content (AvgIpc) is 3.05. The van der Waals surface area contributed by atoms with Gasteiger partial charge in [-0.15, -0.1) is 0 Å². The molecular weight excluding hydrogens is 364 g/mol. The van der Waals surface area contributed by atoms with Gasteiger partial charge in [0.2, 0.25) is 5.91 Å². The fourth-order valence-electron chi connectivity index (χ4n) is 4.64. The van der Waals surface area contributed by atoms with Crippen LogP contribution in [-0.2, 0) is 17.8 Å². The van der Waals surface area contributed by atoms with Gasteiger partial charge in [-0.05, 0) is 46.7 Å². The fraction of sp³-hybridized carbons (Fsp3) is 0.636. The molecule has 4 rings (SSSR count). The number of carbonyl (C=O) groups excluding carboxylic acids is 1. The molecule has 0 unspecified atom stereocenters. The molecule has 2 atom stereocenters. The SMILES string of the molecule is Cc1cc(C)n([C@@H](C)CC(=O)N2CCC[C@@H](c3ncc4c(n3)CCN(C)C4)C2)n1. The summed E-state index contributed by atoms with van der Waals surface area (Å²) in [7, 11) is 2.13. The van der Waals surface area contributed by atoms with Crippen molar-refractivity contribution < 1.29 is 4.79 Å². The third-order valence-corrected chi connectivity index (χ3v) is 6.21. The highest BCUT2D eigenvalue weighted by Crippen LogP contribution is 2.27. The zero-order chi connectivity index (χ0) is 20.5. The van der Waals surface area contributed by atoms with Gasteiger partial charge in [-0.1, -0.05) is 0 Å². The molecule has 2 aromatic heterocycles. The Balaban J connectivity index is 1.41. The smallest absolute Gasteiger partial charge is 0.224 e. The van der Waals surface area contributed by atoms with Gasteiger partial charge in [0, 0.05) is 68.1 Å². The van der Waals surface area contributed by atoms with E-state index in [0.29, 0.717) is 6.42 Å². The molecule has 0 bridgehead atoms. The molecule has 1 saturated heterocycles. The standard InChI is InChI=1S/C22H32N6O/c1-15-10-16(2)28(25-15)17(3)11-21(29)27-8-5-6-18(14-27)22-23-12-19-13-26(4)9-7-20(19)24-22/h10,12,17-18H,5-9,11,13-14H2,1-4H3/t17-,18+/m0/s1. The van der Waals surface area contributed by atoms with Gasteiger partial charge in [0.25, 0.3) is 0 Å². The normalized spacial score (nSPS) is 21.1. The predicted octanol–water partition coefficient (Wildman–Crippen LogP) is 2.64. The predicted molar refractivity (Wildman–Crippen MR) is 112 cm³/mol. The van der Waals surface area contributed by atoms with Crippen LogP contribution < -0.4 is 0 Å². The number of hydrogen-bond acceptors (Lipinski definition) is 5. The number of fused-ring (bicyclic) bond motifs is 1. The van der Waals surface area contributed by atoms with Crippen molar-refractivity contribution in [1.29, 1.82) is 0 Å². The van der Waals surface area contributed by atoms with Crippen molar-refractivity contribution in [2.75, 3.05) is 26.7 Å². The molecule has 0 aromatic carbocycles. The van der Waals surface area contributed by atoms with Crippen molar-refractivity contribution in [3.63, 3.8) is 0 Å². The highest BCUT2D eigenvalue weighted by molar-refractivity contribution is 5.76. The van der Waals surface area contributed by atoms with E-state index in [1.807, 2.05) is 29.6 Å². The lowest BCUT2D eigenvalue weighted by atomic mass is 9.96.